The molecule has 3 heterocycles. The molecule has 1 saturated heterocycles. The molecule has 0 bridgehead atoms. The molecule has 1 spiro atoms. The summed E-state index contributed by atoms with van der Waals surface area (Å²) in [7, 11) is -8.33. The minimum absolute atomic E-state index is 0.0399. The van der Waals surface area contributed by atoms with Gasteiger partial charge in [-0.2, -0.15) is 0 Å². The van der Waals surface area contributed by atoms with Gasteiger partial charge in [-0.25, -0.2) is 4.98 Å². The summed E-state index contributed by atoms with van der Waals surface area (Å²) in [6.45, 7) is 1.40. The molecule has 214 valence electrons. The highest BCUT2D eigenvalue weighted by molar-refractivity contribution is 8.45. The molecule has 2 aliphatic heterocycles. The molecule has 1 N–H and O–H groups in total. The number of methoxy groups -OCH3 is 1. The monoisotopic (exact) mass is 584 g/mol. The standard InChI is InChI=1S/C26H25F5N4O4S/c1-17-13-34(16-32-17)21-8-3-18(11-22(21)37-2)12-23-24-33-39-26(15-36,35(24)14-25(38-23)9-10-25)19-4-6-20(7-5-19)40(27,28,29,30)31/h3-8,11-13,16,36H,9-10,14-15H2,1-2H3/b23-12-. The number of imidazole rings is 1. The zero-order chi connectivity index (χ0) is 28.6. The van der Waals surface area contributed by atoms with Crippen molar-refractivity contribution < 1.29 is 38.8 Å². The molecular formula is C26H25F5N4O4S. The fourth-order valence-electron chi connectivity index (χ4n) is 4.95. The van der Waals surface area contributed by atoms with Gasteiger partial charge in [0.25, 0.3) is 5.72 Å². The summed E-state index contributed by atoms with van der Waals surface area (Å²) < 4.78 is 80.2. The second-order valence-corrected chi connectivity index (χ2v) is 12.6. The lowest BCUT2D eigenvalue weighted by Gasteiger charge is -2.43. The van der Waals surface area contributed by atoms with Gasteiger partial charge in [-0.3, -0.25) is 0 Å². The van der Waals surface area contributed by atoms with Gasteiger partial charge in [0, 0.05) is 11.8 Å². The van der Waals surface area contributed by atoms with Crippen molar-refractivity contribution in [3.8, 4) is 11.4 Å². The van der Waals surface area contributed by atoms with E-state index in [2.05, 4.69) is 10.1 Å². The summed E-state index contributed by atoms with van der Waals surface area (Å²) in [4.78, 5) is 9.49. The van der Waals surface area contributed by atoms with E-state index in [4.69, 9.17) is 14.3 Å². The number of morpholine rings is 1. The summed E-state index contributed by atoms with van der Waals surface area (Å²) in [5, 5.41) is 14.5. The number of fused-ring (bicyclic) bond motifs is 1. The normalized spacial score (nSPS) is 24.1. The van der Waals surface area contributed by atoms with Crippen molar-refractivity contribution in [2.24, 2.45) is 5.16 Å². The Morgan fingerprint density at radius 2 is 1.82 bits per heavy atom. The van der Waals surface area contributed by atoms with Gasteiger partial charge in [0.2, 0.25) is 5.84 Å². The fraction of sp³-hybridized carbons (Fsp3) is 0.308. The smallest absolute Gasteiger partial charge is 0.310 e. The largest absolute Gasteiger partial charge is 0.495 e. The number of nitrogens with zero attached hydrogens (tertiary/aromatic N) is 4. The molecule has 6 rings (SSSR count). The number of aliphatic hydroxyl groups excluding tert-OH is 1. The molecule has 3 aliphatic rings. The summed E-state index contributed by atoms with van der Waals surface area (Å²) in [6.07, 6.45) is 6.65. The van der Waals surface area contributed by atoms with Crippen molar-refractivity contribution in [3.05, 3.63) is 77.6 Å². The molecule has 8 nitrogen and oxygen atoms in total. The Morgan fingerprint density at radius 3 is 2.40 bits per heavy atom. The molecule has 1 atom stereocenters. The second-order valence-electron chi connectivity index (χ2n) is 10.2. The molecular weight excluding hydrogens is 559 g/mol. The van der Waals surface area contributed by atoms with Gasteiger partial charge in [0.15, 0.2) is 5.76 Å². The van der Waals surface area contributed by atoms with E-state index in [1.54, 1.807) is 30.5 Å². The number of amidine groups is 1. The van der Waals surface area contributed by atoms with Gasteiger partial charge in [0.1, 0.15) is 22.9 Å². The van der Waals surface area contributed by atoms with E-state index in [1.807, 2.05) is 29.8 Å². The first-order valence-electron chi connectivity index (χ1n) is 12.2. The lowest BCUT2D eigenvalue weighted by molar-refractivity contribution is -0.149. The lowest BCUT2D eigenvalue weighted by atomic mass is 9.99. The number of benzene rings is 2. The van der Waals surface area contributed by atoms with Crippen LogP contribution in [-0.2, 0) is 15.3 Å². The molecule has 1 unspecified atom stereocenters. The Hall–Kier alpha value is -3.78. The van der Waals surface area contributed by atoms with E-state index in [-0.39, 0.29) is 17.9 Å². The van der Waals surface area contributed by atoms with Crippen molar-refractivity contribution in [1.82, 2.24) is 14.5 Å². The SMILES string of the molecule is COc1cc(/C=C2\OC3(CC3)CN3C2=NOC3(CO)c2ccc(S(F)(F)(F)(F)F)cc2)ccc1-n1cnc(C)c1. The number of hydrogen-bond acceptors (Lipinski definition) is 7. The van der Waals surface area contributed by atoms with Gasteiger partial charge in [-0.1, -0.05) is 42.8 Å². The van der Waals surface area contributed by atoms with Crippen LogP contribution in [0.2, 0.25) is 0 Å². The summed E-state index contributed by atoms with van der Waals surface area (Å²) in [5.41, 5.74) is 0.0264. The average Bonchev–Trinajstić information content (AvgIpc) is 3.31. The lowest BCUT2D eigenvalue weighted by Crippen LogP contribution is -2.56. The Kier molecular flexibility index (Phi) is 5.23. The van der Waals surface area contributed by atoms with Crippen LogP contribution < -0.4 is 4.74 Å². The zero-order valence-electron chi connectivity index (χ0n) is 21.4. The third kappa shape index (κ3) is 4.44. The molecule has 2 aromatic carbocycles. The summed E-state index contributed by atoms with van der Waals surface area (Å²) in [5.74, 6) is 1.12. The van der Waals surface area contributed by atoms with Crippen LogP contribution in [0.4, 0.5) is 19.4 Å². The zero-order valence-corrected chi connectivity index (χ0v) is 22.2. The van der Waals surface area contributed by atoms with E-state index < -0.39 is 33.1 Å². The predicted molar refractivity (Wildman–Crippen MR) is 138 cm³/mol. The van der Waals surface area contributed by atoms with Gasteiger partial charge >= 0.3 is 10.2 Å². The highest BCUT2D eigenvalue weighted by Crippen LogP contribution is 3.02. The number of aromatic nitrogens is 2. The van der Waals surface area contributed by atoms with Crippen LogP contribution in [0.1, 0.15) is 29.7 Å². The van der Waals surface area contributed by atoms with Gasteiger partial charge in [0.05, 0.1) is 31.4 Å². The third-order valence-corrected chi connectivity index (χ3v) is 8.40. The maximum absolute atomic E-state index is 13.3. The molecule has 1 saturated carbocycles. The first-order chi connectivity index (χ1) is 18.6. The maximum Gasteiger partial charge on any atom is 0.310 e. The van der Waals surface area contributed by atoms with Crippen LogP contribution in [0, 0.1) is 6.92 Å². The topological polar surface area (TPSA) is 81.3 Å². The van der Waals surface area contributed by atoms with E-state index in [0.29, 0.717) is 42.0 Å². The summed E-state index contributed by atoms with van der Waals surface area (Å²) in [6, 6.07) is 7.85. The number of ether oxygens (including phenoxy) is 2. The van der Waals surface area contributed by atoms with E-state index >= 15 is 0 Å². The molecule has 0 amide bonds. The van der Waals surface area contributed by atoms with Crippen molar-refractivity contribution in [1.29, 1.82) is 0 Å². The van der Waals surface area contributed by atoms with Crippen LogP contribution >= 0.6 is 10.2 Å². The van der Waals surface area contributed by atoms with E-state index in [9.17, 15) is 24.5 Å². The molecule has 1 aliphatic carbocycles. The van der Waals surface area contributed by atoms with E-state index in [1.165, 1.54) is 0 Å². The Labute approximate surface area is 226 Å². The van der Waals surface area contributed by atoms with Crippen LogP contribution in [0.5, 0.6) is 5.75 Å². The van der Waals surface area contributed by atoms with Crippen LogP contribution in [0.25, 0.3) is 11.8 Å². The molecule has 0 radical (unpaired) electrons. The molecule has 40 heavy (non-hydrogen) atoms. The van der Waals surface area contributed by atoms with Crippen molar-refractivity contribution in [2.45, 2.75) is 36.0 Å². The van der Waals surface area contributed by atoms with Gasteiger partial charge in [-0.05, 0) is 55.7 Å². The first-order valence-corrected chi connectivity index (χ1v) is 14.2. The minimum atomic E-state index is -9.87. The maximum atomic E-state index is 13.3. The molecule has 2 fully saturated rings. The Bertz CT molecular complexity index is 1570. The van der Waals surface area contributed by atoms with Gasteiger partial charge in [-0.15, -0.1) is 0 Å². The predicted octanol–water partition coefficient (Wildman–Crippen LogP) is 6.24. The number of hydrogen-bond donors (Lipinski definition) is 1. The fourth-order valence-corrected chi connectivity index (χ4v) is 5.60. The third-order valence-electron chi connectivity index (χ3n) is 7.23. The highest BCUT2D eigenvalue weighted by Gasteiger charge is 2.66. The molecule has 1 aromatic heterocycles. The highest BCUT2D eigenvalue weighted by atomic mass is 32.5. The Morgan fingerprint density at radius 1 is 1.10 bits per heavy atom. The summed E-state index contributed by atoms with van der Waals surface area (Å²) >= 11 is 0. The number of aliphatic hydroxyl groups is 1. The minimum Gasteiger partial charge on any atom is -0.495 e. The number of halogens is 5. The number of aryl methyl sites for hydroxylation is 1. The average molecular weight is 585 g/mol. The van der Waals surface area contributed by atoms with Crippen molar-refractivity contribution >= 4 is 22.1 Å². The second kappa shape index (κ2) is 7.91. The van der Waals surface area contributed by atoms with Crippen molar-refractivity contribution in [2.75, 3.05) is 20.3 Å². The van der Waals surface area contributed by atoms with Crippen LogP contribution in [0.3, 0.4) is 0 Å². The van der Waals surface area contributed by atoms with Gasteiger partial charge < -0.3 is 28.9 Å². The molecule has 14 heteroatoms. The van der Waals surface area contributed by atoms with Crippen LogP contribution in [-0.4, -0.2) is 51.3 Å². The van der Waals surface area contributed by atoms with Crippen molar-refractivity contribution in [3.63, 3.8) is 0 Å². The first kappa shape index (κ1) is 26.4. The quantitative estimate of drug-likeness (QED) is 0.346. The van der Waals surface area contributed by atoms with Crippen LogP contribution in [0.15, 0.2) is 70.8 Å². The van der Waals surface area contributed by atoms with E-state index in [0.717, 1.165) is 23.5 Å². The molecule has 3 aromatic rings. The Balaban J connectivity index is 1.36. The number of rotatable bonds is 6. The number of oxime groups is 1.